The molecule has 0 spiro atoms. The van der Waals surface area contributed by atoms with E-state index >= 15 is 0 Å². The summed E-state index contributed by atoms with van der Waals surface area (Å²) in [5.41, 5.74) is 1.61. The first-order valence-corrected chi connectivity index (χ1v) is 7.81. The number of nitrogens with one attached hydrogen (secondary N) is 1. The number of benzene rings is 1. The van der Waals surface area contributed by atoms with Gasteiger partial charge in [-0.1, -0.05) is 77.8 Å². The van der Waals surface area contributed by atoms with Crippen LogP contribution in [0.5, 0.6) is 0 Å². The molecule has 1 rings (SSSR count). The Morgan fingerprint density at radius 2 is 1.74 bits per heavy atom. The minimum atomic E-state index is 0.180. The smallest absolute Gasteiger partial charge is 0.0161 e. The van der Waals surface area contributed by atoms with Gasteiger partial charge in [-0.15, -0.1) is 0 Å². The van der Waals surface area contributed by atoms with Gasteiger partial charge in [0.05, 0.1) is 0 Å². The van der Waals surface area contributed by atoms with Crippen LogP contribution in [-0.4, -0.2) is 12.6 Å². The molecule has 1 aromatic carbocycles. The molecule has 0 aliphatic carbocycles. The average Bonchev–Trinajstić information content (AvgIpc) is 2.39. The van der Waals surface area contributed by atoms with Gasteiger partial charge in [0, 0.05) is 11.5 Å². The Balaban J connectivity index is 2.84. The summed E-state index contributed by atoms with van der Waals surface area (Å²) in [5, 5.41) is 3.71. The second-order valence-electron chi connectivity index (χ2n) is 6.33. The number of rotatable bonds is 8. The van der Waals surface area contributed by atoms with Gasteiger partial charge in [-0.25, -0.2) is 0 Å². The Morgan fingerprint density at radius 1 is 1.11 bits per heavy atom. The van der Waals surface area contributed by atoms with Crippen molar-refractivity contribution < 1.29 is 0 Å². The largest absolute Gasteiger partial charge is 0.313 e. The van der Waals surface area contributed by atoms with Crippen LogP contribution in [0.25, 0.3) is 0 Å². The summed E-state index contributed by atoms with van der Waals surface area (Å²) in [6.45, 7) is 12.6. The summed E-state index contributed by atoms with van der Waals surface area (Å²) in [6, 6.07) is 11.5. The first-order chi connectivity index (χ1) is 9.02. The van der Waals surface area contributed by atoms with Crippen molar-refractivity contribution in [2.24, 2.45) is 5.92 Å². The lowest BCUT2D eigenvalue weighted by Gasteiger charge is -2.37. The molecule has 1 N–H and O–H groups in total. The lowest BCUT2D eigenvalue weighted by atomic mass is 9.74. The highest BCUT2D eigenvalue weighted by atomic mass is 14.9. The zero-order chi connectivity index (χ0) is 14.3. The Bertz CT molecular complexity index is 342. The topological polar surface area (TPSA) is 12.0 Å². The van der Waals surface area contributed by atoms with E-state index in [0.717, 1.165) is 12.5 Å². The van der Waals surface area contributed by atoms with Crippen molar-refractivity contribution in [1.82, 2.24) is 5.32 Å². The second kappa shape index (κ2) is 7.69. The molecule has 0 aliphatic heterocycles. The van der Waals surface area contributed by atoms with E-state index in [1.165, 1.54) is 24.8 Å². The molecular formula is C18H31N. The van der Waals surface area contributed by atoms with Crippen LogP contribution in [0.3, 0.4) is 0 Å². The van der Waals surface area contributed by atoms with Crippen LogP contribution in [0.15, 0.2) is 30.3 Å². The summed E-state index contributed by atoms with van der Waals surface area (Å²) in [6.07, 6.45) is 3.86. The van der Waals surface area contributed by atoms with E-state index in [2.05, 4.69) is 70.3 Å². The number of hydrogen-bond donors (Lipinski definition) is 1. The van der Waals surface area contributed by atoms with Crippen LogP contribution in [-0.2, 0) is 5.41 Å². The summed E-state index contributed by atoms with van der Waals surface area (Å²) in [7, 11) is 0. The maximum atomic E-state index is 3.71. The van der Waals surface area contributed by atoms with Crippen LogP contribution in [0.1, 0.15) is 59.4 Å². The lowest BCUT2D eigenvalue weighted by Crippen LogP contribution is -2.45. The van der Waals surface area contributed by atoms with E-state index < -0.39 is 0 Å². The molecule has 19 heavy (non-hydrogen) atoms. The van der Waals surface area contributed by atoms with Gasteiger partial charge < -0.3 is 5.32 Å². The van der Waals surface area contributed by atoms with E-state index in [4.69, 9.17) is 0 Å². The molecule has 0 amide bonds. The molecule has 0 fully saturated rings. The Kier molecular flexibility index (Phi) is 6.57. The van der Waals surface area contributed by atoms with E-state index in [-0.39, 0.29) is 5.41 Å². The van der Waals surface area contributed by atoms with E-state index in [1.54, 1.807) is 0 Å². The molecule has 0 saturated heterocycles. The third-order valence-electron chi connectivity index (χ3n) is 4.26. The molecule has 0 bridgehead atoms. The molecule has 0 heterocycles. The van der Waals surface area contributed by atoms with Crippen LogP contribution < -0.4 is 5.32 Å². The molecule has 2 atom stereocenters. The number of likely N-dealkylation sites (N-methyl/N-ethyl adjacent to an activating group) is 1. The zero-order valence-corrected chi connectivity index (χ0v) is 13.4. The third-order valence-corrected chi connectivity index (χ3v) is 4.26. The summed E-state index contributed by atoms with van der Waals surface area (Å²) in [5.74, 6) is 0.789. The van der Waals surface area contributed by atoms with Gasteiger partial charge in [0.1, 0.15) is 0 Å². The van der Waals surface area contributed by atoms with Crippen molar-refractivity contribution in [2.75, 3.05) is 6.54 Å². The van der Waals surface area contributed by atoms with Gasteiger partial charge in [-0.05, 0) is 24.4 Å². The molecule has 108 valence electrons. The van der Waals surface area contributed by atoms with Crippen molar-refractivity contribution in [3.05, 3.63) is 35.9 Å². The third kappa shape index (κ3) is 4.65. The first kappa shape index (κ1) is 16.2. The highest BCUT2D eigenvalue weighted by Gasteiger charge is 2.31. The number of hydrogen-bond acceptors (Lipinski definition) is 1. The normalized spacial score (nSPS) is 15.2. The van der Waals surface area contributed by atoms with Gasteiger partial charge in [-0.3, -0.25) is 0 Å². The lowest BCUT2D eigenvalue weighted by molar-refractivity contribution is 0.283. The standard InChI is InChI=1S/C18H31N/c1-6-11-15(3)14-17(19-7-2)18(4,5)16-12-9-8-10-13-16/h8-10,12-13,15,17,19H,6-7,11,14H2,1-5H3. The molecule has 1 heteroatoms. The molecule has 0 saturated carbocycles. The van der Waals surface area contributed by atoms with Crippen molar-refractivity contribution >= 4 is 0 Å². The predicted octanol–water partition coefficient (Wildman–Crippen LogP) is 4.77. The Hall–Kier alpha value is -0.820. The van der Waals surface area contributed by atoms with E-state index in [9.17, 15) is 0 Å². The Labute approximate surface area is 119 Å². The molecule has 2 unspecified atom stereocenters. The highest BCUT2D eigenvalue weighted by molar-refractivity contribution is 5.25. The SMILES string of the molecule is CCCC(C)CC(NCC)C(C)(C)c1ccccc1. The van der Waals surface area contributed by atoms with Gasteiger partial charge in [0.25, 0.3) is 0 Å². The van der Waals surface area contributed by atoms with Crippen molar-refractivity contribution in [3.63, 3.8) is 0 Å². The minimum Gasteiger partial charge on any atom is -0.313 e. The van der Waals surface area contributed by atoms with Crippen LogP contribution in [0.4, 0.5) is 0 Å². The maximum Gasteiger partial charge on any atom is 0.0161 e. The second-order valence-corrected chi connectivity index (χ2v) is 6.33. The minimum absolute atomic E-state index is 0.180. The molecule has 1 nitrogen and oxygen atoms in total. The van der Waals surface area contributed by atoms with Crippen molar-refractivity contribution in [2.45, 2.75) is 65.3 Å². The van der Waals surface area contributed by atoms with Gasteiger partial charge in [-0.2, -0.15) is 0 Å². The van der Waals surface area contributed by atoms with Crippen LogP contribution in [0.2, 0.25) is 0 Å². The van der Waals surface area contributed by atoms with Crippen LogP contribution >= 0.6 is 0 Å². The zero-order valence-electron chi connectivity index (χ0n) is 13.4. The van der Waals surface area contributed by atoms with Gasteiger partial charge >= 0.3 is 0 Å². The summed E-state index contributed by atoms with van der Waals surface area (Å²) < 4.78 is 0. The molecule has 0 radical (unpaired) electrons. The quantitative estimate of drug-likeness (QED) is 0.711. The fourth-order valence-electron chi connectivity index (χ4n) is 2.96. The highest BCUT2D eigenvalue weighted by Crippen LogP contribution is 2.31. The maximum absolute atomic E-state index is 3.71. The monoisotopic (exact) mass is 261 g/mol. The van der Waals surface area contributed by atoms with Gasteiger partial charge in [0.15, 0.2) is 0 Å². The predicted molar refractivity (Wildman–Crippen MR) is 85.6 cm³/mol. The summed E-state index contributed by atoms with van der Waals surface area (Å²) >= 11 is 0. The molecule has 0 aromatic heterocycles. The van der Waals surface area contributed by atoms with E-state index in [0.29, 0.717) is 6.04 Å². The molecule has 1 aromatic rings. The Morgan fingerprint density at radius 3 is 2.26 bits per heavy atom. The van der Waals surface area contributed by atoms with Gasteiger partial charge in [0.2, 0.25) is 0 Å². The fourth-order valence-corrected chi connectivity index (χ4v) is 2.96. The molecule has 0 aliphatic rings. The molecular weight excluding hydrogens is 230 g/mol. The first-order valence-electron chi connectivity index (χ1n) is 7.81. The van der Waals surface area contributed by atoms with E-state index in [1.807, 2.05) is 0 Å². The fraction of sp³-hybridized carbons (Fsp3) is 0.667. The average molecular weight is 261 g/mol. The summed E-state index contributed by atoms with van der Waals surface area (Å²) in [4.78, 5) is 0. The van der Waals surface area contributed by atoms with Crippen molar-refractivity contribution in [3.8, 4) is 0 Å². The van der Waals surface area contributed by atoms with Crippen molar-refractivity contribution in [1.29, 1.82) is 0 Å². The van der Waals surface area contributed by atoms with Crippen LogP contribution in [0, 0.1) is 5.92 Å².